The molecule has 0 amide bonds. The molecule has 2 unspecified atom stereocenters. The van der Waals surface area contributed by atoms with Crippen molar-refractivity contribution in [3.63, 3.8) is 0 Å². The van der Waals surface area contributed by atoms with E-state index in [0.717, 1.165) is 20.1 Å². The van der Waals surface area contributed by atoms with Crippen LogP contribution in [0.2, 0.25) is 0 Å². The molecule has 0 spiro atoms. The molecule has 0 radical (unpaired) electrons. The average Bonchev–Trinajstić information content (AvgIpc) is 2.41. The van der Waals surface area contributed by atoms with Crippen LogP contribution >= 0.6 is 0 Å². The molecule has 188 valence electrons. The molecule has 2 N–H and O–H groups in total. The van der Waals surface area contributed by atoms with Gasteiger partial charge in [0.15, 0.2) is 0 Å². The Morgan fingerprint density at radius 2 is 1.03 bits per heavy atom. The zero-order valence-corrected chi connectivity index (χ0v) is 21.3. The summed E-state index contributed by atoms with van der Waals surface area (Å²) in [4.78, 5) is 0. The second-order valence-corrected chi connectivity index (χ2v) is 10.4. The van der Waals surface area contributed by atoms with E-state index in [1.807, 2.05) is 56.1 Å². The maximum Gasteiger partial charge on any atom is 0.126 e. The minimum Gasteiger partial charge on any atom is -0.759 e. The van der Waals surface area contributed by atoms with E-state index in [1.165, 1.54) is 0 Å². The van der Waals surface area contributed by atoms with E-state index in [0.29, 0.717) is 39.5 Å². The van der Waals surface area contributed by atoms with Crippen LogP contribution in [0.1, 0.15) is 13.8 Å². The third-order valence-corrected chi connectivity index (χ3v) is 2.83. The van der Waals surface area contributed by atoms with Crippen LogP contribution in [0.15, 0.2) is 24.3 Å². The van der Waals surface area contributed by atoms with Gasteiger partial charge in [-0.3, -0.25) is 8.42 Å². The Kier molecular flexibility index (Phi) is 18.7. The van der Waals surface area contributed by atoms with Crippen molar-refractivity contribution in [3.8, 4) is 0 Å². The fourth-order valence-corrected chi connectivity index (χ4v) is 2.11. The quantitative estimate of drug-likeness (QED) is 0.174. The Balaban J connectivity index is -0.000000416. The first-order valence-electron chi connectivity index (χ1n) is 9.70. The molecular weight excluding hydrogens is 428 g/mol. The van der Waals surface area contributed by atoms with Gasteiger partial charge in [-0.05, 0) is 13.8 Å². The minimum atomic E-state index is -5.17. The van der Waals surface area contributed by atoms with Crippen molar-refractivity contribution in [1.82, 2.24) is 0 Å². The Morgan fingerprint density at radius 1 is 0.806 bits per heavy atom. The highest BCUT2D eigenvalue weighted by atomic mass is 32.3. The standard InChI is InChI=1S/2C10H22NO2.H2O4S/c2*1-9(2)7-13-8-10(12)6-11(3,4)5;1-5(2,3)4/h2*10,12H,1,6-8H2,2-5H3;(H2,1,2,3,4)/q2*+1;/p-2. The highest BCUT2D eigenvalue weighted by molar-refractivity contribution is 7.79. The zero-order chi connectivity index (χ0) is 25.5. The van der Waals surface area contributed by atoms with Gasteiger partial charge in [-0.25, -0.2) is 0 Å². The van der Waals surface area contributed by atoms with Gasteiger partial charge in [-0.2, -0.15) is 0 Å². The number of quaternary nitrogens is 2. The molecule has 0 aromatic heterocycles. The van der Waals surface area contributed by atoms with Crippen LogP contribution in [-0.2, 0) is 19.9 Å². The lowest BCUT2D eigenvalue weighted by Gasteiger charge is -2.26. The van der Waals surface area contributed by atoms with Gasteiger partial charge in [0.25, 0.3) is 0 Å². The number of ether oxygens (including phenoxy) is 2. The van der Waals surface area contributed by atoms with Gasteiger partial charge >= 0.3 is 0 Å². The summed E-state index contributed by atoms with van der Waals surface area (Å²) in [5.74, 6) is 0. The van der Waals surface area contributed by atoms with Crippen molar-refractivity contribution >= 4 is 10.4 Å². The Bertz CT molecular complexity index is 549. The van der Waals surface area contributed by atoms with Crippen molar-refractivity contribution in [2.45, 2.75) is 26.1 Å². The highest BCUT2D eigenvalue weighted by Gasteiger charge is 2.15. The molecule has 0 heterocycles. The van der Waals surface area contributed by atoms with Gasteiger partial charge < -0.3 is 37.8 Å². The van der Waals surface area contributed by atoms with E-state index in [-0.39, 0.29) is 12.2 Å². The Hall–Kier alpha value is -0.890. The molecular formula is C20H44N2O8S. The first-order valence-corrected chi connectivity index (χ1v) is 11.0. The highest BCUT2D eigenvalue weighted by Crippen LogP contribution is 1.98. The van der Waals surface area contributed by atoms with Gasteiger partial charge in [0.1, 0.15) is 25.3 Å². The molecule has 0 rings (SSSR count). The van der Waals surface area contributed by atoms with E-state index < -0.39 is 10.4 Å². The molecule has 0 aromatic carbocycles. The third kappa shape index (κ3) is 48.0. The molecule has 0 saturated carbocycles. The summed E-state index contributed by atoms with van der Waals surface area (Å²) < 4.78 is 46.1. The molecule has 11 heteroatoms. The largest absolute Gasteiger partial charge is 0.759 e. The lowest BCUT2D eigenvalue weighted by atomic mass is 10.3. The molecule has 0 saturated heterocycles. The molecule has 0 aliphatic rings. The molecule has 0 bridgehead atoms. The fourth-order valence-electron chi connectivity index (χ4n) is 2.11. The third-order valence-electron chi connectivity index (χ3n) is 2.83. The zero-order valence-electron chi connectivity index (χ0n) is 20.5. The predicted molar refractivity (Wildman–Crippen MR) is 120 cm³/mol. The number of aliphatic hydroxyl groups is 2. The number of hydrogen-bond donors (Lipinski definition) is 2. The Labute approximate surface area is 189 Å². The molecule has 31 heavy (non-hydrogen) atoms. The second-order valence-electron chi connectivity index (χ2n) is 9.61. The molecule has 0 fully saturated rings. The van der Waals surface area contributed by atoms with Crippen LogP contribution in [0.5, 0.6) is 0 Å². The lowest BCUT2D eigenvalue weighted by Crippen LogP contribution is -2.43. The maximum atomic E-state index is 9.53. The molecule has 0 aliphatic carbocycles. The van der Waals surface area contributed by atoms with Crippen LogP contribution in [-0.4, -0.2) is 131 Å². The van der Waals surface area contributed by atoms with Crippen molar-refractivity contribution in [1.29, 1.82) is 0 Å². The summed E-state index contributed by atoms with van der Waals surface area (Å²) in [6.07, 6.45) is -0.779. The maximum absolute atomic E-state index is 9.53. The summed E-state index contributed by atoms with van der Waals surface area (Å²) in [5.41, 5.74) is 1.97. The number of nitrogens with zero attached hydrogens (tertiary/aromatic N) is 2. The van der Waals surface area contributed by atoms with Crippen LogP contribution in [0.25, 0.3) is 0 Å². The summed E-state index contributed by atoms with van der Waals surface area (Å²) in [5, 5.41) is 19.1. The summed E-state index contributed by atoms with van der Waals surface area (Å²) in [6, 6.07) is 0. The smallest absolute Gasteiger partial charge is 0.126 e. The van der Waals surface area contributed by atoms with Crippen LogP contribution in [0.4, 0.5) is 0 Å². The van der Waals surface area contributed by atoms with E-state index in [1.54, 1.807) is 0 Å². The summed E-state index contributed by atoms with van der Waals surface area (Å²) >= 11 is 0. The number of rotatable bonds is 12. The molecule has 0 aromatic rings. The van der Waals surface area contributed by atoms with E-state index in [9.17, 15) is 10.2 Å². The normalized spacial score (nSPS) is 13.8. The van der Waals surface area contributed by atoms with Crippen LogP contribution in [0, 0.1) is 0 Å². The van der Waals surface area contributed by atoms with Gasteiger partial charge in [0.2, 0.25) is 0 Å². The lowest BCUT2D eigenvalue weighted by molar-refractivity contribution is -0.873. The minimum absolute atomic E-state index is 0.389. The van der Waals surface area contributed by atoms with E-state index in [4.69, 9.17) is 27.0 Å². The van der Waals surface area contributed by atoms with Crippen LogP contribution < -0.4 is 0 Å². The summed E-state index contributed by atoms with van der Waals surface area (Å²) in [7, 11) is 7.10. The van der Waals surface area contributed by atoms with E-state index in [2.05, 4.69) is 13.2 Å². The first kappa shape index (κ1) is 34.7. The van der Waals surface area contributed by atoms with E-state index >= 15 is 0 Å². The average molecular weight is 473 g/mol. The Morgan fingerprint density at radius 3 is 1.19 bits per heavy atom. The summed E-state index contributed by atoms with van der Waals surface area (Å²) in [6.45, 7) is 14.5. The number of aliphatic hydroxyl groups excluding tert-OH is 2. The van der Waals surface area contributed by atoms with Gasteiger partial charge in [-0.1, -0.05) is 24.3 Å². The molecule has 10 nitrogen and oxygen atoms in total. The fraction of sp³-hybridized carbons (Fsp3) is 0.800. The number of likely N-dealkylation sites (N-methyl/N-ethyl adjacent to an activating group) is 2. The van der Waals surface area contributed by atoms with Gasteiger partial charge in [0.05, 0.1) is 68.7 Å². The monoisotopic (exact) mass is 472 g/mol. The first-order chi connectivity index (χ1) is 13.6. The number of hydrogen-bond acceptors (Lipinski definition) is 8. The van der Waals surface area contributed by atoms with Gasteiger partial charge in [0, 0.05) is 10.4 Å². The SMILES string of the molecule is C=C(C)COCC(O)C[N+](C)(C)C.C=C(C)COCC(O)C[N+](C)(C)C.O=S(=O)([O-])[O-]. The predicted octanol–water partition coefficient (Wildman–Crippen LogP) is -0.0456. The van der Waals surface area contributed by atoms with Crippen molar-refractivity contribution < 1.29 is 46.2 Å². The van der Waals surface area contributed by atoms with Gasteiger partial charge in [-0.15, -0.1) is 0 Å². The topological polar surface area (TPSA) is 139 Å². The van der Waals surface area contributed by atoms with Crippen molar-refractivity contribution in [3.05, 3.63) is 24.3 Å². The van der Waals surface area contributed by atoms with Crippen LogP contribution in [0.3, 0.4) is 0 Å². The molecule has 0 aliphatic heterocycles. The van der Waals surface area contributed by atoms with Crippen molar-refractivity contribution in [2.24, 2.45) is 0 Å². The van der Waals surface area contributed by atoms with Crippen molar-refractivity contribution in [2.75, 3.05) is 81.8 Å². The second kappa shape index (κ2) is 16.7. The molecule has 2 atom stereocenters.